The second-order valence-corrected chi connectivity index (χ2v) is 4.09. The van der Waals surface area contributed by atoms with Gasteiger partial charge in [0.25, 0.3) is 0 Å². The molecule has 2 nitrogen and oxygen atoms in total. The molecule has 1 atom stereocenters. The highest BCUT2D eigenvalue weighted by molar-refractivity contribution is 5.81. The van der Waals surface area contributed by atoms with Crippen molar-refractivity contribution in [2.24, 2.45) is 0 Å². The number of benzene rings is 1. The Bertz CT molecular complexity index is 506. The summed E-state index contributed by atoms with van der Waals surface area (Å²) in [5.41, 5.74) is 2.09. The summed E-state index contributed by atoms with van der Waals surface area (Å²) in [5.74, 6) is -0.170. The molecule has 1 aromatic carbocycles. The van der Waals surface area contributed by atoms with Gasteiger partial charge < -0.3 is 5.32 Å². The van der Waals surface area contributed by atoms with Crippen LogP contribution in [0.25, 0.3) is 0 Å². The fourth-order valence-corrected chi connectivity index (χ4v) is 1.74. The zero-order valence-corrected chi connectivity index (χ0v) is 12.5. The number of carbonyl (C=O) groups excluding carboxylic acids is 1. The molecule has 1 aliphatic carbocycles. The summed E-state index contributed by atoms with van der Waals surface area (Å²) in [6.07, 6.45) is 0.648. The third-order valence-corrected chi connectivity index (χ3v) is 2.67. The van der Waals surface area contributed by atoms with Gasteiger partial charge in [0.2, 0.25) is 0 Å². The van der Waals surface area contributed by atoms with Crippen molar-refractivity contribution in [1.82, 2.24) is 5.32 Å². The summed E-state index contributed by atoms with van der Waals surface area (Å²) in [4.78, 5) is 9.89. The second-order valence-electron chi connectivity index (χ2n) is 4.09. The minimum atomic E-state index is -4.84. The highest BCUT2D eigenvalue weighted by atomic mass is 19.4. The molecule has 22 heavy (non-hydrogen) atoms. The number of terminal acetylenes is 1. The average Bonchev–Trinajstić information content (AvgIpc) is 2.88. The van der Waals surface area contributed by atoms with Gasteiger partial charge in [-0.15, -0.1) is 6.42 Å². The molecule has 6 heteroatoms. The summed E-state index contributed by atoms with van der Waals surface area (Å²) in [7, 11) is 0. The number of aryl methyl sites for hydroxylation is 1. The molecule has 1 aliphatic rings. The molecule has 0 fully saturated rings. The number of alkyl halides is 4. The fraction of sp³-hybridized carbons (Fsp3) is 0.438. The van der Waals surface area contributed by atoms with Crippen molar-refractivity contribution >= 4 is 5.91 Å². The minimum Gasteiger partial charge on any atom is -0.337 e. The molecule has 0 spiro atoms. The van der Waals surface area contributed by atoms with Crippen molar-refractivity contribution < 1.29 is 22.4 Å². The van der Waals surface area contributed by atoms with Crippen LogP contribution in [0.3, 0.4) is 0 Å². The number of nitrogens with one attached hydrogen (secondary N) is 1. The van der Waals surface area contributed by atoms with Crippen molar-refractivity contribution in [2.45, 2.75) is 39.0 Å². The smallest absolute Gasteiger partial charge is 0.337 e. The van der Waals surface area contributed by atoms with Crippen molar-refractivity contribution in [3.05, 3.63) is 35.4 Å². The first-order valence-electron chi connectivity index (χ1n) is 6.86. The first-order chi connectivity index (χ1) is 10.4. The van der Waals surface area contributed by atoms with E-state index in [2.05, 4.69) is 6.42 Å². The molecule has 0 bridgehead atoms. The predicted octanol–water partition coefficient (Wildman–Crippen LogP) is 3.97. The SMILES string of the molecule is C#CCNC(=O)C(F)(F)F.CC.FC1CCc2ccccc21. The van der Waals surface area contributed by atoms with E-state index in [1.165, 1.54) is 10.9 Å². The number of rotatable bonds is 1. The third-order valence-electron chi connectivity index (χ3n) is 2.67. The molecule has 1 amide bonds. The van der Waals surface area contributed by atoms with Crippen LogP contribution in [-0.2, 0) is 11.2 Å². The highest BCUT2D eigenvalue weighted by Crippen LogP contribution is 2.33. The summed E-state index contributed by atoms with van der Waals surface area (Å²) >= 11 is 0. The zero-order valence-electron chi connectivity index (χ0n) is 12.5. The van der Waals surface area contributed by atoms with Crippen molar-refractivity contribution in [1.29, 1.82) is 0 Å². The Hall–Kier alpha value is -2.03. The van der Waals surface area contributed by atoms with E-state index in [0.29, 0.717) is 6.42 Å². The van der Waals surface area contributed by atoms with Crippen molar-refractivity contribution in [2.75, 3.05) is 6.54 Å². The van der Waals surface area contributed by atoms with Gasteiger partial charge in [-0.2, -0.15) is 13.2 Å². The fourth-order valence-electron chi connectivity index (χ4n) is 1.74. The van der Waals surface area contributed by atoms with E-state index in [-0.39, 0.29) is 0 Å². The molecule has 0 aromatic heterocycles. The molecule has 0 heterocycles. The van der Waals surface area contributed by atoms with Gasteiger partial charge in [0.15, 0.2) is 0 Å². The number of halogens is 4. The molecule has 1 N–H and O–H groups in total. The Labute approximate surface area is 127 Å². The molecule has 1 aromatic rings. The van der Waals surface area contributed by atoms with Crippen molar-refractivity contribution in [3.63, 3.8) is 0 Å². The Balaban J connectivity index is 0.000000360. The van der Waals surface area contributed by atoms with Crippen LogP contribution in [-0.4, -0.2) is 18.6 Å². The van der Waals surface area contributed by atoms with Gasteiger partial charge in [0.1, 0.15) is 6.17 Å². The van der Waals surface area contributed by atoms with Crippen LogP contribution in [0.1, 0.15) is 37.6 Å². The maximum absolute atomic E-state index is 12.9. The van der Waals surface area contributed by atoms with E-state index in [9.17, 15) is 22.4 Å². The summed E-state index contributed by atoms with van der Waals surface area (Å²) in [5, 5.41) is 1.47. The van der Waals surface area contributed by atoms with E-state index < -0.39 is 24.8 Å². The topological polar surface area (TPSA) is 29.1 Å². The highest BCUT2D eigenvalue weighted by Gasteiger charge is 2.37. The number of hydrogen-bond donors (Lipinski definition) is 1. The lowest BCUT2D eigenvalue weighted by atomic mass is 10.1. The van der Waals surface area contributed by atoms with Crippen LogP contribution in [0.4, 0.5) is 17.6 Å². The Morgan fingerprint density at radius 3 is 2.45 bits per heavy atom. The maximum atomic E-state index is 12.9. The molecule has 2 rings (SSSR count). The Morgan fingerprint density at radius 2 is 1.95 bits per heavy atom. The second kappa shape index (κ2) is 9.82. The first-order valence-corrected chi connectivity index (χ1v) is 6.86. The molecular weight excluding hydrogens is 298 g/mol. The van der Waals surface area contributed by atoms with Gasteiger partial charge in [-0.1, -0.05) is 44.0 Å². The molecule has 122 valence electrons. The lowest BCUT2D eigenvalue weighted by Gasteiger charge is -2.03. The number of amides is 1. The first kappa shape index (κ1) is 20.0. The zero-order chi connectivity index (χ0) is 17.2. The summed E-state index contributed by atoms with van der Waals surface area (Å²) in [6, 6.07) is 7.76. The lowest BCUT2D eigenvalue weighted by molar-refractivity contribution is -0.173. The third kappa shape index (κ3) is 6.61. The van der Waals surface area contributed by atoms with Gasteiger partial charge in [-0.3, -0.25) is 4.79 Å². The van der Waals surface area contributed by atoms with Gasteiger partial charge in [0, 0.05) is 0 Å². The molecule has 0 radical (unpaired) electrons. The van der Waals surface area contributed by atoms with E-state index in [0.717, 1.165) is 12.0 Å². The molecule has 1 unspecified atom stereocenters. The largest absolute Gasteiger partial charge is 0.471 e. The lowest BCUT2D eigenvalue weighted by Crippen LogP contribution is -2.36. The number of carbonyl (C=O) groups is 1. The quantitative estimate of drug-likeness (QED) is 0.616. The van der Waals surface area contributed by atoms with Crippen LogP contribution in [0, 0.1) is 12.3 Å². The Kier molecular flexibility index (Phi) is 8.92. The van der Waals surface area contributed by atoms with Gasteiger partial charge in [0.05, 0.1) is 6.54 Å². The molecule has 0 aliphatic heterocycles. The van der Waals surface area contributed by atoms with E-state index in [1.54, 1.807) is 0 Å². The monoisotopic (exact) mass is 317 g/mol. The number of fused-ring (bicyclic) bond motifs is 1. The van der Waals surface area contributed by atoms with E-state index >= 15 is 0 Å². The van der Waals surface area contributed by atoms with Crippen LogP contribution < -0.4 is 5.32 Å². The van der Waals surface area contributed by atoms with Gasteiger partial charge in [-0.05, 0) is 24.0 Å². The van der Waals surface area contributed by atoms with Crippen LogP contribution in [0.2, 0.25) is 0 Å². The van der Waals surface area contributed by atoms with E-state index in [1.807, 2.05) is 44.0 Å². The van der Waals surface area contributed by atoms with Gasteiger partial charge >= 0.3 is 12.1 Å². The summed E-state index contributed by atoms with van der Waals surface area (Å²) in [6.45, 7) is 3.60. The maximum Gasteiger partial charge on any atom is 0.471 e. The van der Waals surface area contributed by atoms with Crippen LogP contribution in [0.5, 0.6) is 0 Å². The van der Waals surface area contributed by atoms with E-state index in [4.69, 9.17) is 0 Å². The minimum absolute atomic E-state index is 0.404. The van der Waals surface area contributed by atoms with Crippen molar-refractivity contribution in [3.8, 4) is 12.3 Å². The Morgan fingerprint density at radius 1 is 1.36 bits per heavy atom. The standard InChI is InChI=1S/C9H9F.C5H4F3NO.C2H6/c10-9-6-5-7-3-1-2-4-8(7)9;1-2-3-9-4(10)5(6,7)8;1-2/h1-4,9H,5-6H2;1H,3H2,(H,9,10);1-2H3. The normalized spacial score (nSPS) is 15.2. The molecule has 0 saturated heterocycles. The van der Waals surface area contributed by atoms with Crippen LogP contribution >= 0.6 is 0 Å². The molecule has 0 saturated carbocycles. The predicted molar refractivity (Wildman–Crippen MR) is 77.9 cm³/mol. The molecular formula is C16H19F4NO. The van der Waals surface area contributed by atoms with Gasteiger partial charge in [-0.25, -0.2) is 4.39 Å². The van der Waals surface area contributed by atoms with Crippen LogP contribution in [0.15, 0.2) is 24.3 Å². The summed E-state index contributed by atoms with van der Waals surface area (Å²) < 4.78 is 46.8. The average molecular weight is 317 g/mol. The number of hydrogen-bond acceptors (Lipinski definition) is 1.